The van der Waals surface area contributed by atoms with Crippen molar-refractivity contribution in [1.82, 2.24) is 18.8 Å². The Kier molecular flexibility index (Phi) is 4.95. The van der Waals surface area contributed by atoms with Crippen LogP contribution in [-0.4, -0.2) is 40.3 Å². The minimum atomic E-state index is -3.45. The van der Waals surface area contributed by atoms with Gasteiger partial charge in [0.2, 0.25) is 10.0 Å². The largest absolute Gasteiger partial charge is 0.328 e. The fourth-order valence-electron chi connectivity index (χ4n) is 4.70. The lowest BCUT2D eigenvalue weighted by Crippen LogP contribution is -2.29. The molecule has 1 aliphatic heterocycles. The summed E-state index contributed by atoms with van der Waals surface area (Å²) in [4.78, 5) is 9.22. The van der Waals surface area contributed by atoms with Gasteiger partial charge in [-0.1, -0.05) is 6.07 Å². The van der Waals surface area contributed by atoms with Crippen molar-refractivity contribution in [3.63, 3.8) is 0 Å². The van der Waals surface area contributed by atoms with E-state index in [1.807, 2.05) is 43.6 Å². The molecule has 1 aliphatic carbocycles. The monoisotopic (exact) mass is 422 g/mol. The number of hydrogen-bond donors (Lipinski definition) is 0. The maximum atomic E-state index is 13.2. The molecule has 1 unspecified atom stereocenters. The lowest BCUT2D eigenvalue weighted by molar-refractivity contribution is 0.428. The Balaban J connectivity index is 1.34. The number of pyridine rings is 1. The second-order valence-electron chi connectivity index (χ2n) is 8.38. The van der Waals surface area contributed by atoms with Crippen molar-refractivity contribution >= 4 is 10.0 Å². The first-order valence-electron chi connectivity index (χ1n) is 10.6. The average molecular weight is 423 g/mol. The standard InChI is InChI=1S/C23H26N4O2S/c1-17-13-25-23(21-6-3-10-24-14-21)27(17)16-18-9-11-26(15-18)30(28,29)22-8-7-19-4-2-5-20(19)12-22/h3,6-8,10,12-14,18H,2,4-5,9,11,15-16H2,1H3. The quantitative estimate of drug-likeness (QED) is 0.632. The Morgan fingerprint density at radius 1 is 1.13 bits per heavy atom. The first-order valence-corrected chi connectivity index (χ1v) is 12.0. The van der Waals surface area contributed by atoms with E-state index in [9.17, 15) is 8.42 Å². The summed E-state index contributed by atoms with van der Waals surface area (Å²) in [6.07, 6.45) is 9.46. The van der Waals surface area contributed by atoms with E-state index in [2.05, 4.69) is 14.5 Å². The summed E-state index contributed by atoms with van der Waals surface area (Å²) in [7, 11) is -3.45. The van der Waals surface area contributed by atoms with E-state index in [0.29, 0.717) is 18.0 Å². The smallest absolute Gasteiger partial charge is 0.243 e. The summed E-state index contributed by atoms with van der Waals surface area (Å²) < 4.78 is 30.3. The topological polar surface area (TPSA) is 68.1 Å². The summed E-state index contributed by atoms with van der Waals surface area (Å²) in [5, 5.41) is 0. The molecular formula is C23H26N4O2S. The van der Waals surface area contributed by atoms with Crippen molar-refractivity contribution in [1.29, 1.82) is 0 Å². The second kappa shape index (κ2) is 7.63. The van der Waals surface area contributed by atoms with Crippen LogP contribution in [-0.2, 0) is 29.4 Å². The van der Waals surface area contributed by atoms with Crippen molar-refractivity contribution < 1.29 is 8.42 Å². The van der Waals surface area contributed by atoms with Crippen LogP contribution in [0.3, 0.4) is 0 Å². The van der Waals surface area contributed by atoms with Crippen LogP contribution in [0, 0.1) is 12.8 Å². The molecule has 3 heterocycles. The Morgan fingerprint density at radius 2 is 2.00 bits per heavy atom. The number of hydrogen-bond acceptors (Lipinski definition) is 4. The van der Waals surface area contributed by atoms with Gasteiger partial charge in [-0.3, -0.25) is 4.98 Å². The highest BCUT2D eigenvalue weighted by Gasteiger charge is 2.33. The molecule has 1 aromatic carbocycles. The summed E-state index contributed by atoms with van der Waals surface area (Å²) in [6.45, 7) is 3.91. The van der Waals surface area contributed by atoms with E-state index in [1.165, 1.54) is 11.1 Å². The van der Waals surface area contributed by atoms with E-state index in [4.69, 9.17) is 0 Å². The van der Waals surface area contributed by atoms with Gasteiger partial charge >= 0.3 is 0 Å². The van der Waals surface area contributed by atoms with E-state index in [1.54, 1.807) is 16.6 Å². The third-order valence-electron chi connectivity index (χ3n) is 6.37. The van der Waals surface area contributed by atoms with Crippen LogP contribution in [0.5, 0.6) is 0 Å². The average Bonchev–Trinajstić information content (AvgIpc) is 3.49. The molecular weight excluding hydrogens is 396 g/mol. The van der Waals surface area contributed by atoms with E-state index in [0.717, 1.165) is 49.3 Å². The maximum Gasteiger partial charge on any atom is 0.243 e. The normalized spacial score (nSPS) is 19.3. The highest BCUT2D eigenvalue weighted by Crippen LogP contribution is 2.30. The molecule has 2 aromatic heterocycles. The number of benzene rings is 1. The predicted octanol–water partition coefficient (Wildman–Crippen LogP) is 3.45. The van der Waals surface area contributed by atoms with E-state index >= 15 is 0 Å². The number of nitrogens with zero attached hydrogens (tertiary/aromatic N) is 4. The zero-order valence-corrected chi connectivity index (χ0v) is 18.0. The molecule has 0 radical (unpaired) electrons. The molecule has 0 amide bonds. The van der Waals surface area contributed by atoms with E-state index in [-0.39, 0.29) is 5.92 Å². The van der Waals surface area contributed by atoms with Gasteiger partial charge in [0.05, 0.1) is 4.90 Å². The third-order valence-corrected chi connectivity index (χ3v) is 8.23. The predicted molar refractivity (Wildman–Crippen MR) is 116 cm³/mol. The number of fused-ring (bicyclic) bond motifs is 1. The van der Waals surface area contributed by atoms with Gasteiger partial charge < -0.3 is 4.57 Å². The van der Waals surface area contributed by atoms with Crippen molar-refractivity contribution in [3.05, 3.63) is 65.7 Å². The highest BCUT2D eigenvalue weighted by molar-refractivity contribution is 7.89. The number of aryl methyl sites for hydroxylation is 3. The first kappa shape index (κ1) is 19.5. The Hall–Kier alpha value is -2.51. The number of rotatable bonds is 5. The molecule has 1 fully saturated rings. The molecule has 0 N–H and O–H groups in total. The lowest BCUT2D eigenvalue weighted by Gasteiger charge is -2.18. The maximum absolute atomic E-state index is 13.2. The Morgan fingerprint density at radius 3 is 2.83 bits per heavy atom. The molecule has 2 aliphatic rings. The summed E-state index contributed by atoms with van der Waals surface area (Å²) >= 11 is 0. The molecule has 0 saturated carbocycles. The molecule has 0 spiro atoms. The van der Waals surface area contributed by atoms with Crippen LogP contribution >= 0.6 is 0 Å². The lowest BCUT2D eigenvalue weighted by atomic mass is 10.1. The van der Waals surface area contributed by atoms with Crippen LogP contribution in [0.15, 0.2) is 53.8 Å². The molecule has 6 nitrogen and oxygen atoms in total. The van der Waals surface area contributed by atoms with Gasteiger partial charge in [-0.15, -0.1) is 0 Å². The molecule has 5 rings (SSSR count). The van der Waals surface area contributed by atoms with Crippen LogP contribution in [0.4, 0.5) is 0 Å². The molecule has 1 saturated heterocycles. The zero-order chi connectivity index (χ0) is 20.7. The van der Waals surface area contributed by atoms with Gasteiger partial charge in [-0.25, -0.2) is 13.4 Å². The van der Waals surface area contributed by atoms with Crippen molar-refractivity contribution in [2.24, 2.45) is 5.92 Å². The van der Waals surface area contributed by atoms with Crippen LogP contribution in [0.25, 0.3) is 11.4 Å². The Bertz CT molecular complexity index is 1170. The van der Waals surface area contributed by atoms with E-state index < -0.39 is 10.0 Å². The van der Waals surface area contributed by atoms with Gasteiger partial charge in [0, 0.05) is 49.5 Å². The molecule has 3 aromatic rings. The second-order valence-corrected chi connectivity index (χ2v) is 10.3. The fraction of sp³-hybridized carbons (Fsp3) is 0.391. The fourth-order valence-corrected chi connectivity index (χ4v) is 6.28. The summed E-state index contributed by atoms with van der Waals surface area (Å²) in [5.74, 6) is 1.15. The van der Waals surface area contributed by atoms with Crippen molar-refractivity contribution in [2.45, 2.75) is 44.0 Å². The molecule has 156 valence electrons. The van der Waals surface area contributed by atoms with Crippen LogP contribution < -0.4 is 0 Å². The summed E-state index contributed by atoms with van der Waals surface area (Å²) in [5.41, 5.74) is 4.55. The number of imidazole rings is 1. The Labute approximate surface area is 177 Å². The van der Waals surface area contributed by atoms with Crippen molar-refractivity contribution in [2.75, 3.05) is 13.1 Å². The van der Waals surface area contributed by atoms with Gasteiger partial charge in [0.15, 0.2) is 0 Å². The molecule has 7 heteroatoms. The molecule has 0 bridgehead atoms. The summed E-state index contributed by atoms with van der Waals surface area (Å²) in [6, 6.07) is 9.59. The minimum absolute atomic E-state index is 0.262. The molecule has 30 heavy (non-hydrogen) atoms. The highest BCUT2D eigenvalue weighted by atomic mass is 32.2. The first-order chi connectivity index (χ1) is 14.5. The minimum Gasteiger partial charge on any atom is -0.328 e. The van der Waals surface area contributed by atoms with Gasteiger partial charge in [-0.2, -0.15) is 4.31 Å². The third kappa shape index (κ3) is 3.46. The van der Waals surface area contributed by atoms with Crippen LogP contribution in [0.1, 0.15) is 29.7 Å². The van der Waals surface area contributed by atoms with Gasteiger partial charge in [-0.05, 0) is 73.9 Å². The number of sulfonamides is 1. The van der Waals surface area contributed by atoms with Crippen LogP contribution in [0.2, 0.25) is 0 Å². The van der Waals surface area contributed by atoms with Gasteiger partial charge in [0.1, 0.15) is 5.82 Å². The number of aromatic nitrogens is 3. The van der Waals surface area contributed by atoms with Crippen molar-refractivity contribution in [3.8, 4) is 11.4 Å². The van der Waals surface area contributed by atoms with Gasteiger partial charge in [0.25, 0.3) is 0 Å². The SMILES string of the molecule is Cc1cnc(-c2cccnc2)n1CC1CCN(S(=O)(=O)c2ccc3c(c2)CCC3)C1. The zero-order valence-electron chi connectivity index (χ0n) is 17.2. The molecule has 1 atom stereocenters.